The fourth-order valence-electron chi connectivity index (χ4n) is 5.81. The summed E-state index contributed by atoms with van der Waals surface area (Å²) in [6.07, 6.45) is 2.01. The number of nitrogens with zero attached hydrogens (tertiary/aromatic N) is 3. The SMILES string of the molecule is C=CC[C@]12C(=O)OC[C@@H]1[C@H](N=[N+]=[N-])c1cc3c(cc1[C@H]2c1cc(OC)c(OC)c(OC)c1)OCO3. The molecule has 0 bridgehead atoms. The average molecular weight is 479 g/mol. The van der Waals surface area contributed by atoms with E-state index in [0.29, 0.717) is 35.2 Å². The molecule has 0 aromatic heterocycles. The molecule has 1 saturated heterocycles. The third kappa shape index (κ3) is 3.17. The van der Waals surface area contributed by atoms with Gasteiger partial charge in [0.05, 0.1) is 39.4 Å². The summed E-state index contributed by atoms with van der Waals surface area (Å²) in [5.74, 6) is 1.16. The van der Waals surface area contributed by atoms with E-state index in [0.717, 1.165) is 16.7 Å². The van der Waals surface area contributed by atoms with E-state index in [-0.39, 0.29) is 19.4 Å². The van der Waals surface area contributed by atoms with Crippen LogP contribution in [0.4, 0.5) is 0 Å². The van der Waals surface area contributed by atoms with Gasteiger partial charge in [-0.2, -0.15) is 0 Å². The molecule has 10 nitrogen and oxygen atoms in total. The quantitative estimate of drug-likeness (QED) is 0.186. The van der Waals surface area contributed by atoms with Gasteiger partial charge in [-0.15, -0.1) is 6.58 Å². The number of ether oxygens (including phenoxy) is 6. The number of hydrogen-bond acceptors (Lipinski definition) is 8. The second-order valence-electron chi connectivity index (χ2n) is 8.61. The molecule has 1 fully saturated rings. The Bertz CT molecular complexity index is 1230. The molecular weight excluding hydrogens is 454 g/mol. The standard InChI is InChI=1S/C25H25N3O7/c1-5-6-25-16(11-33-24(25)29)22(27-28-26)15-10-18-17(34-12-35-18)9-14(15)21(25)13-7-19(30-2)23(32-4)20(8-13)31-3/h5,7-10,16,21-22H,1,6,11-12H2,2-4H3/t16-,21-,22-,25+/m1/s1. The van der Waals surface area contributed by atoms with Crippen LogP contribution in [-0.4, -0.2) is 40.7 Å². The Hall–Kier alpha value is -4.04. The van der Waals surface area contributed by atoms with E-state index in [1.165, 1.54) is 21.3 Å². The summed E-state index contributed by atoms with van der Waals surface area (Å²) >= 11 is 0. The Morgan fingerprint density at radius 1 is 1.09 bits per heavy atom. The van der Waals surface area contributed by atoms with E-state index in [1.807, 2.05) is 24.3 Å². The van der Waals surface area contributed by atoms with Crippen LogP contribution in [0.5, 0.6) is 28.7 Å². The van der Waals surface area contributed by atoms with Gasteiger partial charge in [-0.05, 0) is 52.9 Å². The Balaban J connectivity index is 1.86. The topological polar surface area (TPSA) is 121 Å². The number of carbonyl (C=O) groups is 1. The molecule has 2 aromatic carbocycles. The predicted octanol–water partition coefficient (Wildman–Crippen LogP) is 4.67. The van der Waals surface area contributed by atoms with Gasteiger partial charge in [-0.1, -0.05) is 11.2 Å². The molecule has 0 unspecified atom stereocenters. The number of methoxy groups -OCH3 is 3. The molecule has 1 aliphatic carbocycles. The molecule has 0 amide bonds. The second kappa shape index (κ2) is 8.63. The molecule has 2 aliphatic heterocycles. The van der Waals surface area contributed by atoms with Crippen molar-refractivity contribution in [2.75, 3.05) is 34.7 Å². The Morgan fingerprint density at radius 2 is 1.74 bits per heavy atom. The van der Waals surface area contributed by atoms with Gasteiger partial charge in [0, 0.05) is 16.7 Å². The highest BCUT2D eigenvalue weighted by Crippen LogP contribution is 2.64. The molecule has 10 heteroatoms. The van der Waals surface area contributed by atoms with Crippen molar-refractivity contribution in [3.63, 3.8) is 0 Å². The summed E-state index contributed by atoms with van der Waals surface area (Å²) in [4.78, 5) is 16.7. The van der Waals surface area contributed by atoms with Gasteiger partial charge < -0.3 is 28.4 Å². The lowest BCUT2D eigenvalue weighted by Crippen LogP contribution is -2.45. The van der Waals surface area contributed by atoms with Crippen molar-refractivity contribution in [1.82, 2.24) is 0 Å². The number of azide groups is 1. The van der Waals surface area contributed by atoms with Gasteiger partial charge >= 0.3 is 5.97 Å². The third-order valence-corrected chi connectivity index (χ3v) is 7.22. The zero-order valence-electron chi connectivity index (χ0n) is 19.6. The minimum Gasteiger partial charge on any atom is -0.493 e. The number of benzene rings is 2. The number of esters is 1. The van der Waals surface area contributed by atoms with Gasteiger partial charge in [0.1, 0.15) is 0 Å². The van der Waals surface area contributed by atoms with Crippen molar-refractivity contribution in [3.8, 4) is 28.7 Å². The van der Waals surface area contributed by atoms with Crippen molar-refractivity contribution in [2.24, 2.45) is 16.4 Å². The van der Waals surface area contributed by atoms with E-state index in [4.69, 9.17) is 28.4 Å². The lowest BCUT2D eigenvalue weighted by Gasteiger charge is -2.46. The number of allylic oxidation sites excluding steroid dienone is 1. The number of fused-ring (bicyclic) bond motifs is 3. The van der Waals surface area contributed by atoms with Gasteiger partial charge in [0.2, 0.25) is 12.5 Å². The van der Waals surface area contributed by atoms with Crippen molar-refractivity contribution < 1.29 is 33.2 Å². The molecule has 35 heavy (non-hydrogen) atoms. The summed E-state index contributed by atoms with van der Waals surface area (Å²) in [5, 5.41) is 4.13. The zero-order valence-corrected chi connectivity index (χ0v) is 19.6. The minimum absolute atomic E-state index is 0.0858. The van der Waals surface area contributed by atoms with Crippen LogP contribution in [0.2, 0.25) is 0 Å². The first kappa shape index (κ1) is 22.7. The molecule has 0 saturated carbocycles. The Morgan fingerprint density at radius 3 is 2.31 bits per heavy atom. The summed E-state index contributed by atoms with van der Waals surface area (Å²) in [6.45, 7) is 4.13. The number of cyclic esters (lactones) is 1. The first-order valence-corrected chi connectivity index (χ1v) is 11.1. The van der Waals surface area contributed by atoms with Crippen molar-refractivity contribution in [1.29, 1.82) is 0 Å². The first-order valence-electron chi connectivity index (χ1n) is 11.1. The maximum atomic E-state index is 13.6. The molecular formula is C25H25N3O7. The highest BCUT2D eigenvalue weighted by atomic mass is 16.7. The van der Waals surface area contributed by atoms with Crippen LogP contribution in [0.25, 0.3) is 10.4 Å². The summed E-state index contributed by atoms with van der Waals surface area (Å²) < 4.78 is 33.7. The maximum Gasteiger partial charge on any atom is 0.313 e. The van der Waals surface area contributed by atoms with Crippen LogP contribution >= 0.6 is 0 Å². The normalized spacial score (nSPS) is 25.6. The molecule has 0 radical (unpaired) electrons. The Labute approximate surface area is 202 Å². The van der Waals surface area contributed by atoms with Crippen LogP contribution in [-0.2, 0) is 9.53 Å². The smallest absolute Gasteiger partial charge is 0.313 e. The molecule has 5 rings (SSSR count). The molecule has 3 aliphatic rings. The fourth-order valence-corrected chi connectivity index (χ4v) is 5.81. The highest BCUT2D eigenvalue weighted by Gasteiger charge is 2.63. The van der Waals surface area contributed by atoms with Gasteiger partial charge in [-0.3, -0.25) is 4.79 Å². The minimum atomic E-state index is -1.08. The van der Waals surface area contributed by atoms with E-state index < -0.39 is 23.3 Å². The van der Waals surface area contributed by atoms with E-state index in [1.54, 1.807) is 6.08 Å². The summed E-state index contributed by atoms with van der Waals surface area (Å²) in [7, 11) is 4.61. The van der Waals surface area contributed by atoms with Crippen molar-refractivity contribution in [3.05, 3.63) is 64.1 Å². The number of carbonyl (C=O) groups excluding carboxylic acids is 1. The van der Waals surface area contributed by atoms with Crippen LogP contribution in [0.3, 0.4) is 0 Å². The molecule has 4 atom stereocenters. The molecule has 182 valence electrons. The lowest BCUT2D eigenvalue weighted by atomic mass is 9.54. The van der Waals surface area contributed by atoms with Gasteiger partial charge in [0.15, 0.2) is 23.0 Å². The number of rotatable bonds is 7. The third-order valence-electron chi connectivity index (χ3n) is 7.22. The fraction of sp³-hybridized carbons (Fsp3) is 0.400. The van der Waals surface area contributed by atoms with Crippen LogP contribution in [0.1, 0.15) is 35.1 Å². The molecule has 0 spiro atoms. The van der Waals surface area contributed by atoms with Crippen molar-refractivity contribution >= 4 is 5.97 Å². The van der Waals surface area contributed by atoms with E-state index >= 15 is 0 Å². The van der Waals surface area contributed by atoms with Crippen LogP contribution in [0.15, 0.2) is 42.0 Å². The number of hydrogen-bond donors (Lipinski definition) is 0. The molecule has 0 N–H and O–H groups in total. The van der Waals surface area contributed by atoms with E-state index in [2.05, 4.69) is 16.6 Å². The van der Waals surface area contributed by atoms with Crippen LogP contribution < -0.4 is 23.7 Å². The summed E-state index contributed by atoms with van der Waals surface area (Å²) in [5.41, 5.74) is 10.6. The monoisotopic (exact) mass is 479 g/mol. The average Bonchev–Trinajstić information content (AvgIpc) is 3.46. The predicted molar refractivity (Wildman–Crippen MR) is 124 cm³/mol. The zero-order chi connectivity index (χ0) is 24.7. The van der Waals surface area contributed by atoms with Gasteiger partial charge in [-0.25, -0.2) is 0 Å². The lowest BCUT2D eigenvalue weighted by molar-refractivity contribution is -0.147. The molecule has 2 heterocycles. The first-order chi connectivity index (χ1) is 17.0. The maximum absolute atomic E-state index is 13.6. The summed E-state index contributed by atoms with van der Waals surface area (Å²) in [6, 6.07) is 6.72. The van der Waals surface area contributed by atoms with E-state index in [9.17, 15) is 10.3 Å². The van der Waals surface area contributed by atoms with Crippen LogP contribution in [0, 0.1) is 11.3 Å². The largest absolute Gasteiger partial charge is 0.493 e. The highest BCUT2D eigenvalue weighted by molar-refractivity contribution is 5.84. The molecule has 2 aromatic rings. The van der Waals surface area contributed by atoms with Gasteiger partial charge in [0.25, 0.3) is 0 Å². The van der Waals surface area contributed by atoms with Crippen molar-refractivity contribution in [2.45, 2.75) is 18.4 Å². The Kier molecular flexibility index (Phi) is 5.61. The second-order valence-corrected chi connectivity index (χ2v) is 8.61.